The lowest BCUT2D eigenvalue weighted by atomic mass is 9.75. The van der Waals surface area contributed by atoms with E-state index in [4.69, 9.17) is 4.52 Å². The number of hydrogen-bond acceptors (Lipinski definition) is 3. The number of aromatic nitrogens is 2. The molecule has 1 aliphatic heterocycles. The van der Waals surface area contributed by atoms with Gasteiger partial charge in [0.2, 0.25) is 0 Å². The van der Waals surface area contributed by atoms with Crippen LogP contribution in [0.4, 0.5) is 0 Å². The van der Waals surface area contributed by atoms with Gasteiger partial charge in [-0.2, -0.15) is 0 Å². The quantitative estimate of drug-likeness (QED) is 0.532. The van der Waals surface area contributed by atoms with Gasteiger partial charge in [0.1, 0.15) is 0 Å². The summed E-state index contributed by atoms with van der Waals surface area (Å²) in [5, 5.41) is 6.62. The molecular formula is C25H35N3O. The van der Waals surface area contributed by atoms with Crippen LogP contribution in [0.3, 0.4) is 0 Å². The minimum absolute atomic E-state index is 0.467. The molecule has 1 unspecified atom stereocenters. The number of fused-ring (bicyclic) bond motifs is 3. The fourth-order valence-corrected chi connectivity index (χ4v) is 5.96. The van der Waals surface area contributed by atoms with Crippen molar-refractivity contribution in [2.75, 3.05) is 19.6 Å². The number of likely N-dealkylation sites (tertiary alicyclic amines) is 1. The third kappa shape index (κ3) is 3.50. The summed E-state index contributed by atoms with van der Waals surface area (Å²) in [7, 11) is 0. The molecule has 1 aliphatic carbocycles. The van der Waals surface area contributed by atoms with Crippen molar-refractivity contribution in [3.05, 3.63) is 30.1 Å². The van der Waals surface area contributed by atoms with Gasteiger partial charge >= 0.3 is 0 Å². The Kier molecular flexibility index (Phi) is 4.73. The molecular weight excluding hydrogens is 358 g/mol. The largest absolute Gasteiger partial charge is 0.356 e. The van der Waals surface area contributed by atoms with Crippen LogP contribution in [-0.2, 0) is 0 Å². The standard InChI is InChI=1S/C25H35N3O/c1-17-24-21-11-14-28(22(21)7-8-23(24)29-26-17)20-6-5-18(15-20)16-27-12-9-19(10-13-27)25(2,3)4/h7-8,11,14,18-20H,5-6,9-10,12-13,15-16H2,1-4H3/t18-,20?/m1/s1. The number of rotatable bonds is 3. The minimum atomic E-state index is 0.467. The summed E-state index contributed by atoms with van der Waals surface area (Å²) in [6, 6.07) is 7.18. The molecule has 1 saturated carbocycles. The predicted octanol–water partition coefficient (Wildman–Crippen LogP) is 6.19. The van der Waals surface area contributed by atoms with Crippen molar-refractivity contribution < 1.29 is 4.52 Å². The van der Waals surface area contributed by atoms with E-state index in [1.165, 1.54) is 68.0 Å². The lowest BCUT2D eigenvalue weighted by molar-refractivity contribution is 0.101. The number of aryl methyl sites for hydroxylation is 1. The molecule has 4 heteroatoms. The first-order chi connectivity index (χ1) is 13.9. The molecule has 1 aromatic carbocycles. The SMILES string of the molecule is Cc1noc2ccc3c(ccn3C3CC[C@@H](CN4CCC(C(C)(C)C)CC4)C3)c12. The normalized spacial score (nSPS) is 24.8. The average molecular weight is 394 g/mol. The zero-order valence-electron chi connectivity index (χ0n) is 18.4. The van der Waals surface area contributed by atoms with Gasteiger partial charge in [0.05, 0.1) is 11.1 Å². The zero-order chi connectivity index (χ0) is 20.2. The second kappa shape index (κ2) is 7.16. The second-order valence-corrected chi connectivity index (χ2v) is 10.6. The molecule has 0 amide bonds. The summed E-state index contributed by atoms with van der Waals surface area (Å²) >= 11 is 0. The van der Waals surface area contributed by atoms with E-state index in [1.807, 2.05) is 6.92 Å². The van der Waals surface area contributed by atoms with Gasteiger partial charge in [0, 0.05) is 29.7 Å². The highest BCUT2D eigenvalue weighted by Crippen LogP contribution is 2.40. The van der Waals surface area contributed by atoms with Crippen molar-refractivity contribution in [2.24, 2.45) is 17.3 Å². The smallest absolute Gasteiger partial charge is 0.167 e. The van der Waals surface area contributed by atoms with Crippen LogP contribution in [0.5, 0.6) is 0 Å². The highest BCUT2D eigenvalue weighted by atomic mass is 16.5. The fraction of sp³-hybridized carbons (Fsp3) is 0.640. The average Bonchev–Trinajstić information content (AvgIpc) is 3.39. The number of hydrogen-bond donors (Lipinski definition) is 0. The van der Waals surface area contributed by atoms with E-state index < -0.39 is 0 Å². The predicted molar refractivity (Wildman–Crippen MR) is 119 cm³/mol. The summed E-state index contributed by atoms with van der Waals surface area (Å²) in [5.74, 6) is 1.73. The monoisotopic (exact) mass is 393 g/mol. The molecule has 2 fully saturated rings. The minimum Gasteiger partial charge on any atom is -0.356 e. The maximum Gasteiger partial charge on any atom is 0.167 e. The van der Waals surface area contributed by atoms with Crippen LogP contribution < -0.4 is 0 Å². The third-order valence-electron chi connectivity index (χ3n) is 7.74. The van der Waals surface area contributed by atoms with Gasteiger partial charge in [-0.05, 0) is 87.6 Å². The van der Waals surface area contributed by atoms with Crippen LogP contribution in [-0.4, -0.2) is 34.3 Å². The van der Waals surface area contributed by atoms with Crippen molar-refractivity contribution in [1.29, 1.82) is 0 Å². The van der Waals surface area contributed by atoms with Crippen molar-refractivity contribution >= 4 is 21.9 Å². The first-order valence-electron chi connectivity index (χ1n) is 11.5. The first kappa shape index (κ1) is 19.2. The Morgan fingerprint density at radius 3 is 2.62 bits per heavy atom. The van der Waals surface area contributed by atoms with Crippen LogP contribution in [0.1, 0.15) is 64.6 Å². The maximum atomic E-state index is 5.46. The van der Waals surface area contributed by atoms with Crippen LogP contribution >= 0.6 is 0 Å². The molecule has 5 rings (SSSR count). The van der Waals surface area contributed by atoms with Crippen molar-refractivity contribution in [3.63, 3.8) is 0 Å². The van der Waals surface area contributed by atoms with Crippen LogP contribution in [0.2, 0.25) is 0 Å². The Hall–Kier alpha value is -1.81. The highest BCUT2D eigenvalue weighted by Gasteiger charge is 2.32. The highest BCUT2D eigenvalue weighted by molar-refractivity contribution is 6.06. The zero-order valence-corrected chi connectivity index (χ0v) is 18.4. The lowest BCUT2D eigenvalue weighted by Crippen LogP contribution is -2.40. The van der Waals surface area contributed by atoms with Gasteiger partial charge in [-0.25, -0.2) is 0 Å². The number of piperidine rings is 1. The lowest BCUT2D eigenvalue weighted by Gasteiger charge is -2.39. The van der Waals surface area contributed by atoms with E-state index in [0.29, 0.717) is 11.5 Å². The molecule has 0 N–H and O–H groups in total. The van der Waals surface area contributed by atoms with Crippen LogP contribution in [0, 0.1) is 24.2 Å². The molecule has 0 bridgehead atoms. The van der Waals surface area contributed by atoms with Crippen LogP contribution in [0.25, 0.3) is 21.9 Å². The summed E-state index contributed by atoms with van der Waals surface area (Å²) in [4.78, 5) is 2.74. The molecule has 0 spiro atoms. The molecule has 2 atom stereocenters. The Labute approximate surface area is 174 Å². The molecule has 3 heterocycles. The topological polar surface area (TPSA) is 34.2 Å². The molecule has 4 nitrogen and oxygen atoms in total. The Morgan fingerprint density at radius 2 is 1.86 bits per heavy atom. The van der Waals surface area contributed by atoms with E-state index in [9.17, 15) is 0 Å². The van der Waals surface area contributed by atoms with E-state index in [-0.39, 0.29) is 0 Å². The van der Waals surface area contributed by atoms with E-state index in [1.54, 1.807) is 0 Å². The van der Waals surface area contributed by atoms with Gasteiger partial charge in [-0.1, -0.05) is 25.9 Å². The number of benzene rings is 1. The summed E-state index contributed by atoms with van der Waals surface area (Å²) < 4.78 is 7.98. The first-order valence-corrected chi connectivity index (χ1v) is 11.5. The van der Waals surface area contributed by atoms with Crippen molar-refractivity contribution in [2.45, 2.75) is 65.8 Å². The van der Waals surface area contributed by atoms with E-state index in [0.717, 1.165) is 23.1 Å². The van der Waals surface area contributed by atoms with Gasteiger partial charge in [-0.3, -0.25) is 0 Å². The summed E-state index contributed by atoms with van der Waals surface area (Å²) in [5.41, 5.74) is 3.69. The van der Waals surface area contributed by atoms with Crippen LogP contribution in [0.15, 0.2) is 28.9 Å². The molecule has 156 valence electrons. The summed E-state index contributed by atoms with van der Waals surface area (Å²) in [6.45, 7) is 13.1. The molecule has 0 radical (unpaired) electrons. The van der Waals surface area contributed by atoms with Gasteiger partial charge in [-0.15, -0.1) is 0 Å². The van der Waals surface area contributed by atoms with Gasteiger partial charge in [0.15, 0.2) is 5.58 Å². The van der Waals surface area contributed by atoms with Crippen molar-refractivity contribution in [1.82, 2.24) is 14.6 Å². The van der Waals surface area contributed by atoms with Gasteiger partial charge < -0.3 is 14.0 Å². The van der Waals surface area contributed by atoms with Gasteiger partial charge in [0.25, 0.3) is 0 Å². The Bertz CT molecular complexity index is 1000. The third-order valence-corrected chi connectivity index (χ3v) is 7.74. The molecule has 2 aromatic heterocycles. The van der Waals surface area contributed by atoms with Crippen molar-refractivity contribution in [3.8, 4) is 0 Å². The molecule has 1 saturated heterocycles. The Balaban J connectivity index is 1.26. The van der Waals surface area contributed by atoms with E-state index >= 15 is 0 Å². The maximum absolute atomic E-state index is 5.46. The summed E-state index contributed by atoms with van der Waals surface area (Å²) in [6.07, 6.45) is 9.00. The second-order valence-electron chi connectivity index (χ2n) is 10.6. The molecule has 3 aromatic rings. The number of nitrogens with zero attached hydrogens (tertiary/aromatic N) is 3. The Morgan fingerprint density at radius 1 is 1.07 bits per heavy atom. The fourth-order valence-electron chi connectivity index (χ4n) is 5.96. The van der Waals surface area contributed by atoms with E-state index in [2.05, 4.69) is 59.8 Å². The molecule has 29 heavy (non-hydrogen) atoms. The molecule has 2 aliphatic rings.